The Hall–Kier alpha value is -2.74. The monoisotopic (exact) mass is 258 g/mol. The predicted molar refractivity (Wildman–Crippen MR) is 78.2 cm³/mol. The standard InChI is InChI=1S/C18H14N2/c1-3-9-19-11-7-15(13-17(19)5-1)16-8-12-20-10-4-2-6-18(20)14-16/h1-14H/q+2. The van der Waals surface area contributed by atoms with E-state index in [1.165, 1.54) is 22.2 Å². The van der Waals surface area contributed by atoms with Crippen molar-refractivity contribution >= 4 is 11.0 Å². The van der Waals surface area contributed by atoms with Crippen molar-refractivity contribution in [1.82, 2.24) is 0 Å². The zero-order valence-corrected chi connectivity index (χ0v) is 11.0. The van der Waals surface area contributed by atoms with Crippen LogP contribution in [0.25, 0.3) is 22.2 Å². The van der Waals surface area contributed by atoms with E-state index in [4.69, 9.17) is 0 Å². The maximum Gasteiger partial charge on any atom is 0.211 e. The van der Waals surface area contributed by atoms with E-state index in [1.54, 1.807) is 0 Å². The van der Waals surface area contributed by atoms with Gasteiger partial charge in [0.05, 0.1) is 0 Å². The highest BCUT2D eigenvalue weighted by Gasteiger charge is 2.07. The molecule has 0 aromatic carbocycles. The van der Waals surface area contributed by atoms with E-state index < -0.39 is 0 Å². The van der Waals surface area contributed by atoms with Crippen LogP contribution in [0.4, 0.5) is 0 Å². The topological polar surface area (TPSA) is 8.20 Å². The van der Waals surface area contributed by atoms with Crippen LogP contribution in [0.2, 0.25) is 0 Å². The average Bonchev–Trinajstić information content (AvgIpc) is 2.54. The van der Waals surface area contributed by atoms with E-state index in [-0.39, 0.29) is 0 Å². The fourth-order valence-corrected chi connectivity index (χ4v) is 2.55. The van der Waals surface area contributed by atoms with E-state index in [0.717, 1.165) is 0 Å². The van der Waals surface area contributed by atoms with Crippen LogP contribution < -0.4 is 8.80 Å². The van der Waals surface area contributed by atoms with Gasteiger partial charge in [0.1, 0.15) is 0 Å². The van der Waals surface area contributed by atoms with Gasteiger partial charge < -0.3 is 0 Å². The van der Waals surface area contributed by atoms with Gasteiger partial charge in [0.15, 0.2) is 24.8 Å². The summed E-state index contributed by atoms with van der Waals surface area (Å²) in [6, 6.07) is 21.2. The normalized spacial score (nSPS) is 11.0. The molecular weight excluding hydrogens is 244 g/mol. The van der Waals surface area contributed by atoms with Gasteiger partial charge in [0.25, 0.3) is 0 Å². The zero-order valence-electron chi connectivity index (χ0n) is 11.0. The lowest BCUT2D eigenvalue weighted by Gasteiger charge is -2.00. The third kappa shape index (κ3) is 1.82. The number of rotatable bonds is 1. The Morgan fingerprint density at radius 3 is 1.50 bits per heavy atom. The summed E-state index contributed by atoms with van der Waals surface area (Å²) < 4.78 is 4.25. The molecule has 0 bridgehead atoms. The molecule has 0 aliphatic rings. The highest BCUT2D eigenvalue weighted by Crippen LogP contribution is 2.19. The number of hydrogen-bond acceptors (Lipinski definition) is 0. The van der Waals surface area contributed by atoms with E-state index in [1.807, 2.05) is 12.1 Å². The molecule has 0 fully saturated rings. The molecule has 2 heteroatoms. The van der Waals surface area contributed by atoms with Crippen molar-refractivity contribution in [3.63, 3.8) is 0 Å². The van der Waals surface area contributed by atoms with Crippen molar-refractivity contribution in [2.75, 3.05) is 0 Å². The van der Waals surface area contributed by atoms with Crippen LogP contribution in [-0.4, -0.2) is 0 Å². The van der Waals surface area contributed by atoms with Gasteiger partial charge in [-0.15, -0.1) is 0 Å². The molecule has 0 atom stereocenters. The van der Waals surface area contributed by atoms with Crippen LogP contribution >= 0.6 is 0 Å². The Bertz CT molecular complexity index is 836. The highest BCUT2D eigenvalue weighted by molar-refractivity contribution is 5.69. The first-order valence-electron chi connectivity index (χ1n) is 6.71. The van der Waals surface area contributed by atoms with Gasteiger partial charge in [0.2, 0.25) is 11.0 Å². The van der Waals surface area contributed by atoms with Crippen LogP contribution in [0.1, 0.15) is 0 Å². The fraction of sp³-hybridized carbons (Fsp3) is 0. The molecule has 4 aromatic rings. The molecular formula is C18H14N2+2. The summed E-state index contributed by atoms with van der Waals surface area (Å²) in [5.74, 6) is 0. The van der Waals surface area contributed by atoms with Gasteiger partial charge in [-0.2, -0.15) is 8.80 Å². The lowest BCUT2D eigenvalue weighted by Crippen LogP contribution is -2.20. The molecule has 94 valence electrons. The average molecular weight is 258 g/mol. The van der Waals surface area contributed by atoms with E-state index in [9.17, 15) is 0 Å². The molecule has 0 saturated heterocycles. The fourth-order valence-electron chi connectivity index (χ4n) is 2.55. The Morgan fingerprint density at radius 2 is 1.00 bits per heavy atom. The van der Waals surface area contributed by atoms with Crippen LogP contribution in [0.15, 0.2) is 85.5 Å². The maximum atomic E-state index is 2.22. The molecule has 0 saturated carbocycles. The summed E-state index contributed by atoms with van der Waals surface area (Å²) in [6.07, 6.45) is 8.34. The second-order valence-electron chi connectivity index (χ2n) is 4.90. The molecule has 0 unspecified atom stereocenters. The Balaban J connectivity index is 1.91. The second kappa shape index (κ2) is 4.42. The summed E-state index contributed by atoms with van der Waals surface area (Å²) in [5.41, 5.74) is 4.88. The van der Waals surface area contributed by atoms with Crippen molar-refractivity contribution in [3.8, 4) is 11.1 Å². The van der Waals surface area contributed by atoms with E-state index >= 15 is 0 Å². The summed E-state index contributed by atoms with van der Waals surface area (Å²) in [5, 5.41) is 0. The molecule has 2 nitrogen and oxygen atoms in total. The summed E-state index contributed by atoms with van der Waals surface area (Å²) in [4.78, 5) is 0. The second-order valence-corrected chi connectivity index (χ2v) is 4.90. The Labute approximate surface area is 117 Å². The summed E-state index contributed by atoms with van der Waals surface area (Å²) >= 11 is 0. The molecule has 4 aromatic heterocycles. The zero-order chi connectivity index (χ0) is 13.4. The van der Waals surface area contributed by atoms with Crippen LogP contribution in [0.3, 0.4) is 0 Å². The molecule has 4 rings (SSSR count). The SMILES string of the molecule is c1cc[n+]2ccc(-c3cc[n+]4ccccc4c3)cc2c1. The molecule has 20 heavy (non-hydrogen) atoms. The molecule has 0 aliphatic carbocycles. The molecule has 0 amide bonds. The van der Waals surface area contributed by atoms with Gasteiger partial charge in [-0.3, -0.25) is 0 Å². The van der Waals surface area contributed by atoms with Crippen molar-refractivity contribution in [3.05, 3.63) is 85.5 Å². The lowest BCUT2D eigenvalue weighted by atomic mass is 10.1. The van der Waals surface area contributed by atoms with E-state index in [0.29, 0.717) is 0 Å². The minimum atomic E-state index is 1.20. The van der Waals surface area contributed by atoms with Gasteiger partial charge in [-0.25, -0.2) is 0 Å². The van der Waals surface area contributed by atoms with Crippen molar-refractivity contribution in [1.29, 1.82) is 0 Å². The van der Waals surface area contributed by atoms with Gasteiger partial charge in [-0.1, -0.05) is 0 Å². The van der Waals surface area contributed by atoms with Crippen LogP contribution in [0.5, 0.6) is 0 Å². The van der Waals surface area contributed by atoms with E-state index in [2.05, 4.69) is 82.1 Å². The molecule has 0 aliphatic heterocycles. The number of pyridine rings is 4. The van der Waals surface area contributed by atoms with Gasteiger partial charge >= 0.3 is 0 Å². The van der Waals surface area contributed by atoms with Crippen molar-refractivity contribution in [2.24, 2.45) is 0 Å². The number of nitrogens with zero attached hydrogens (tertiary/aromatic N) is 2. The largest absolute Gasteiger partial charge is 0.211 e. The lowest BCUT2D eigenvalue weighted by molar-refractivity contribution is -0.512. The van der Waals surface area contributed by atoms with Gasteiger partial charge in [0, 0.05) is 48.5 Å². The molecule has 0 N–H and O–H groups in total. The minimum absolute atomic E-state index is 1.20. The molecule has 0 radical (unpaired) electrons. The predicted octanol–water partition coefficient (Wildman–Crippen LogP) is 2.83. The Kier molecular flexibility index (Phi) is 2.46. The highest BCUT2D eigenvalue weighted by atomic mass is 14.8. The first kappa shape index (κ1) is 11.1. The molecule has 4 heterocycles. The third-order valence-corrected chi connectivity index (χ3v) is 3.62. The quantitative estimate of drug-likeness (QED) is 0.464. The van der Waals surface area contributed by atoms with Crippen LogP contribution in [0, 0.1) is 0 Å². The summed E-state index contributed by atoms with van der Waals surface area (Å²) in [7, 11) is 0. The Morgan fingerprint density at radius 1 is 0.500 bits per heavy atom. The molecule has 0 spiro atoms. The first-order chi connectivity index (χ1) is 9.90. The smallest absolute Gasteiger partial charge is 0.167 e. The van der Waals surface area contributed by atoms with Gasteiger partial charge in [-0.05, 0) is 23.3 Å². The summed E-state index contributed by atoms with van der Waals surface area (Å²) in [6.45, 7) is 0. The third-order valence-electron chi connectivity index (χ3n) is 3.62. The maximum absolute atomic E-state index is 2.22. The number of aromatic nitrogens is 2. The van der Waals surface area contributed by atoms with Crippen LogP contribution in [-0.2, 0) is 0 Å². The number of fused-ring (bicyclic) bond motifs is 2. The van der Waals surface area contributed by atoms with Crippen molar-refractivity contribution < 1.29 is 8.80 Å². The van der Waals surface area contributed by atoms with Crippen molar-refractivity contribution in [2.45, 2.75) is 0 Å². The number of hydrogen-bond donors (Lipinski definition) is 0. The first-order valence-corrected chi connectivity index (χ1v) is 6.71. The minimum Gasteiger partial charge on any atom is -0.167 e.